The normalized spacial score (nSPS) is 15.1. The largest absolute Gasteiger partial charge is 0.374 e. The highest BCUT2D eigenvalue weighted by Crippen LogP contribution is 2.20. The molecule has 2 aromatic carbocycles. The van der Waals surface area contributed by atoms with Crippen LogP contribution in [0.1, 0.15) is 15.9 Å². The third kappa shape index (κ3) is 4.18. The smallest absolute Gasteiger partial charge is 0.187 e. The van der Waals surface area contributed by atoms with Crippen molar-refractivity contribution in [1.82, 2.24) is 4.90 Å². The number of hydrogen-bond donors (Lipinski definition) is 0. The van der Waals surface area contributed by atoms with Crippen molar-refractivity contribution in [2.24, 2.45) is 0 Å². The Morgan fingerprint density at radius 3 is 2.42 bits per heavy atom. The Balaban J connectivity index is 1.55. The third-order valence-electron chi connectivity index (χ3n) is 4.26. The molecule has 1 aliphatic rings. The van der Waals surface area contributed by atoms with Crippen LogP contribution in [-0.4, -0.2) is 36.9 Å². The lowest BCUT2D eigenvalue weighted by Crippen LogP contribution is -2.44. The van der Waals surface area contributed by atoms with Crippen molar-refractivity contribution in [3.8, 4) is 0 Å². The van der Waals surface area contributed by atoms with Crippen molar-refractivity contribution >= 4 is 23.1 Å². The molecule has 0 aromatic heterocycles. The maximum absolute atomic E-state index is 12.2. The van der Waals surface area contributed by atoms with E-state index >= 15 is 0 Å². The van der Waals surface area contributed by atoms with Gasteiger partial charge >= 0.3 is 0 Å². The fourth-order valence-corrected chi connectivity index (χ4v) is 2.97. The molecule has 0 amide bonds. The number of aryl methyl sites for hydroxylation is 1. The minimum absolute atomic E-state index is 0.0484. The molecule has 1 saturated heterocycles. The molecular weight excluding hydrogens is 320 g/mol. The van der Waals surface area contributed by atoms with Gasteiger partial charge in [0.25, 0.3) is 0 Å². The number of halogens is 1. The molecule has 0 unspecified atom stereocenters. The van der Waals surface area contributed by atoms with E-state index in [0.29, 0.717) is 0 Å². The Kier molecular flexibility index (Phi) is 5.21. The average molecular weight is 341 g/mol. The van der Waals surface area contributed by atoms with E-state index in [2.05, 4.69) is 15.9 Å². The number of ketones is 1. The minimum atomic E-state index is 0.0484. The summed E-state index contributed by atoms with van der Waals surface area (Å²) in [4.78, 5) is 16.7. The van der Waals surface area contributed by atoms with Crippen LogP contribution in [0.5, 0.6) is 0 Å². The van der Waals surface area contributed by atoms with Crippen LogP contribution in [0.4, 0.5) is 5.69 Å². The number of hydrogen-bond acceptors (Lipinski definition) is 3. The maximum Gasteiger partial charge on any atom is 0.187 e. The van der Waals surface area contributed by atoms with E-state index in [-0.39, 0.29) is 5.78 Å². The van der Waals surface area contributed by atoms with Gasteiger partial charge < -0.3 is 9.80 Å². The van der Waals surface area contributed by atoms with Gasteiger partial charge in [0.2, 0.25) is 0 Å². The van der Waals surface area contributed by atoms with Crippen molar-refractivity contribution in [2.75, 3.05) is 31.1 Å². The number of carbonyl (C=O) groups is 1. The molecule has 1 aliphatic heterocycles. The lowest BCUT2D eigenvalue weighted by atomic mass is 10.1. The molecule has 0 aliphatic carbocycles. The Morgan fingerprint density at radius 1 is 1.04 bits per heavy atom. The van der Waals surface area contributed by atoms with Crippen LogP contribution in [-0.2, 0) is 0 Å². The summed E-state index contributed by atoms with van der Waals surface area (Å²) in [6.45, 7) is 5.64. The number of rotatable bonds is 4. The molecule has 0 spiro atoms. The lowest BCUT2D eigenvalue weighted by Gasteiger charge is -2.35. The van der Waals surface area contributed by atoms with Crippen LogP contribution in [0.15, 0.2) is 60.8 Å². The Labute approximate surface area is 148 Å². The summed E-state index contributed by atoms with van der Waals surface area (Å²) in [5.41, 5.74) is 3.05. The molecule has 3 nitrogen and oxygen atoms in total. The molecule has 124 valence electrons. The molecule has 4 heteroatoms. The highest BCUT2D eigenvalue weighted by Gasteiger charge is 2.15. The van der Waals surface area contributed by atoms with Gasteiger partial charge in [-0.2, -0.15) is 0 Å². The number of anilines is 1. The number of allylic oxidation sites excluding steroid dienone is 1. The zero-order valence-corrected chi connectivity index (χ0v) is 14.5. The van der Waals surface area contributed by atoms with Crippen molar-refractivity contribution in [2.45, 2.75) is 6.92 Å². The van der Waals surface area contributed by atoms with Crippen LogP contribution in [0.3, 0.4) is 0 Å². The van der Waals surface area contributed by atoms with Crippen LogP contribution in [0.2, 0.25) is 5.02 Å². The predicted molar refractivity (Wildman–Crippen MR) is 99.9 cm³/mol. The van der Waals surface area contributed by atoms with E-state index in [4.69, 9.17) is 11.6 Å². The molecule has 1 fully saturated rings. The summed E-state index contributed by atoms with van der Waals surface area (Å²) in [5, 5.41) is 0.763. The van der Waals surface area contributed by atoms with Gasteiger partial charge in [-0.25, -0.2) is 0 Å². The number of carbonyl (C=O) groups excluding carboxylic acids is 1. The van der Waals surface area contributed by atoms with Gasteiger partial charge in [0.1, 0.15) is 0 Å². The molecule has 0 bridgehead atoms. The highest BCUT2D eigenvalue weighted by molar-refractivity contribution is 6.30. The zero-order chi connectivity index (χ0) is 16.9. The molecule has 3 rings (SSSR count). The van der Waals surface area contributed by atoms with E-state index in [1.807, 2.05) is 55.6 Å². The van der Waals surface area contributed by atoms with Gasteiger partial charge in [-0.1, -0.05) is 47.5 Å². The first-order valence-electron chi connectivity index (χ1n) is 8.15. The monoisotopic (exact) mass is 340 g/mol. The van der Waals surface area contributed by atoms with Crippen LogP contribution < -0.4 is 4.90 Å². The summed E-state index contributed by atoms with van der Waals surface area (Å²) >= 11 is 6.06. The summed E-state index contributed by atoms with van der Waals surface area (Å²) in [6, 6.07) is 15.6. The first-order valence-corrected chi connectivity index (χ1v) is 8.53. The number of piperazine rings is 1. The molecular formula is C20H21ClN2O. The van der Waals surface area contributed by atoms with Crippen LogP contribution in [0, 0.1) is 6.92 Å². The van der Waals surface area contributed by atoms with E-state index in [1.54, 1.807) is 6.08 Å². The van der Waals surface area contributed by atoms with Gasteiger partial charge in [-0.05, 0) is 25.1 Å². The van der Waals surface area contributed by atoms with E-state index in [1.165, 1.54) is 0 Å². The second-order valence-corrected chi connectivity index (χ2v) is 6.49. The number of nitrogens with zero attached hydrogens (tertiary/aromatic N) is 2. The van der Waals surface area contributed by atoms with Crippen molar-refractivity contribution in [1.29, 1.82) is 0 Å². The summed E-state index contributed by atoms with van der Waals surface area (Å²) in [7, 11) is 0. The molecule has 1 heterocycles. The maximum atomic E-state index is 12.2. The molecule has 24 heavy (non-hydrogen) atoms. The second-order valence-electron chi connectivity index (χ2n) is 6.05. The Bertz CT molecular complexity index is 732. The molecule has 2 aromatic rings. The predicted octanol–water partition coefficient (Wildman–Crippen LogP) is 4.17. The summed E-state index contributed by atoms with van der Waals surface area (Å²) in [6.07, 6.45) is 3.58. The highest BCUT2D eigenvalue weighted by atomic mass is 35.5. The van der Waals surface area contributed by atoms with Gasteiger partial charge in [0.15, 0.2) is 5.78 Å². The zero-order valence-electron chi connectivity index (χ0n) is 13.8. The standard InChI is InChI=1S/C20H21ClN2O/c1-16-5-7-17(8-6-16)20(24)9-10-22-11-13-23(14-12-22)19-4-2-3-18(21)15-19/h2-10,15H,11-14H2,1H3. The summed E-state index contributed by atoms with van der Waals surface area (Å²) in [5.74, 6) is 0.0484. The van der Waals surface area contributed by atoms with Crippen molar-refractivity contribution in [3.63, 3.8) is 0 Å². The van der Waals surface area contributed by atoms with Crippen molar-refractivity contribution < 1.29 is 4.79 Å². The number of benzene rings is 2. The van der Waals surface area contributed by atoms with Crippen LogP contribution in [0.25, 0.3) is 0 Å². The van der Waals surface area contributed by atoms with Crippen LogP contribution >= 0.6 is 11.6 Å². The SMILES string of the molecule is Cc1ccc(C(=O)C=CN2CCN(c3cccc(Cl)c3)CC2)cc1. The van der Waals surface area contributed by atoms with Gasteiger partial charge in [0, 0.05) is 54.7 Å². The quantitative estimate of drug-likeness (QED) is 0.616. The van der Waals surface area contributed by atoms with E-state index < -0.39 is 0 Å². The van der Waals surface area contributed by atoms with E-state index in [0.717, 1.165) is 48.0 Å². The third-order valence-corrected chi connectivity index (χ3v) is 4.50. The summed E-state index contributed by atoms with van der Waals surface area (Å²) < 4.78 is 0. The van der Waals surface area contributed by atoms with Gasteiger partial charge in [0.05, 0.1) is 0 Å². The minimum Gasteiger partial charge on any atom is -0.374 e. The first kappa shape index (κ1) is 16.6. The Morgan fingerprint density at radius 2 is 1.75 bits per heavy atom. The van der Waals surface area contributed by atoms with E-state index in [9.17, 15) is 4.79 Å². The van der Waals surface area contributed by atoms with Gasteiger partial charge in [-0.3, -0.25) is 4.79 Å². The fraction of sp³-hybridized carbons (Fsp3) is 0.250. The first-order chi connectivity index (χ1) is 11.6. The van der Waals surface area contributed by atoms with Gasteiger partial charge in [-0.15, -0.1) is 0 Å². The molecule has 0 radical (unpaired) electrons. The fourth-order valence-electron chi connectivity index (χ4n) is 2.79. The average Bonchev–Trinajstić information content (AvgIpc) is 2.61. The second kappa shape index (κ2) is 7.54. The molecule has 0 atom stereocenters. The lowest BCUT2D eigenvalue weighted by molar-refractivity contribution is 0.104. The Hall–Kier alpha value is -2.26. The van der Waals surface area contributed by atoms with Crippen molar-refractivity contribution in [3.05, 3.63) is 77.0 Å². The molecule has 0 saturated carbocycles. The molecule has 0 N–H and O–H groups in total. The topological polar surface area (TPSA) is 23.6 Å².